The van der Waals surface area contributed by atoms with E-state index in [1.165, 1.54) is 14.2 Å². The molecule has 0 aliphatic rings. The molecule has 6 heteroatoms. The van der Waals surface area contributed by atoms with Crippen molar-refractivity contribution in [3.63, 3.8) is 0 Å². The predicted octanol–water partition coefficient (Wildman–Crippen LogP) is 3.78. The molecule has 2 rings (SSSR count). The van der Waals surface area contributed by atoms with Gasteiger partial charge >= 0.3 is 6.09 Å². The fourth-order valence-corrected chi connectivity index (χ4v) is 2.62. The zero-order valence-corrected chi connectivity index (χ0v) is 14.8. The standard InChI is InChI=1S/C19H23NO5/c1-14(19(23-3,24-4)15-8-6-5-7-9-15)25-18(21)20-16-10-12-17(22-2)13-11-16/h5-14H,1-4H3,(H,20,21). The second-order valence-electron chi connectivity index (χ2n) is 5.34. The quantitative estimate of drug-likeness (QED) is 0.774. The van der Waals surface area contributed by atoms with E-state index in [1.54, 1.807) is 38.3 Å². The third-order valence-electron chi connectivity index (χ3n) is 3.94. The molecule has 2 aromatic rings. The molecule has 0 spiro atoms. The van der Waals surface area contributed by atoms with Crippen LogP contribution in [0.2, 0.25) is 0 Å². The first-order valence-electron chi connectivity index (χ1n) is 7.83. The van der Waals surface area contributed by atoms with Crippen molar-refractivity contribution < 1.29 is 23.7 Å². The highest BCUT2D eigenvalue weighted by Gasteiger charge is 2.41. The smallest absolute Gasteiger partial charge is 0.412 e. The summed E-state index contributed by atoms with van der Waals surface area (Å²) in [4.78, 5) is 12.2. The van der Waals surface area contributed by atoms with Gasteiger partial charge in [0.15, 0.2) is 6.10 Å². The first kappa shape index (κ1) is 18.8. The maximum absolute atomic E-state index is 12.2. The van der Waals surface area contributed by atoms with Gasteiger partial charge in [-0.25, -0.2) is 4.79 Å². The van der Waals surface area contributed by atoms with E-state index in [-0.39, 0.29) is 0 Å². The number of hydrogen-bond acceptors (Lipinski definition) is 5. The minimum atomic E-state index is -1.20. The van der Waals surface area contributed by atoms with E-state index >= 15 is 0 Å². The van der Waals surface area contributed by atoms with Gasteiger partial charge in [-0.2, -0.15) is 0 Å². The summed E-state index contributed by atoms with van der Waals surface area (Å²) in [5, 5.41) is 2.67. The minimum absolute atomic E-state index is 0.596. The Hall–Kier alpha value is -2.57. The Morgan fingerprint density at radius 1 is 0.960 bits per heavy atom. The number of hydrogen-bond donors (Lipinski definition) is 1. The number of amides is 1. The summed E-state index contributed by atoms with van der Waals surface area (Å²) in [7, 11) is 4.60. The number of anilines is 1. The lowest BCUT2D eigenvalue weighted by atomic mass is 10.0. The fraction of sp³-hybridized carbons (Fsp3) is 0.316. The monoisotopic (exact) mass is 345 g/mol. The first-order valence-corrected chi connectivity index (χ1v) is 7.83. The van der Waals surface area contributed by atoms with Gasteiger partial charge in [-0.05, 0) is 31.2 Å². The van der Waals surface area contributed by atoms with Crippen LogP contribution in [0.3, 0.4) is 0 Å². The van der Waals surface area contributed by atoms with Gasteiger partial charge in [-0.1, -0.05) is 30.3 Å². The van der Waals surface area contributed by atoms with Gasteiger partial charge in [0.2, 0.25) is 5.79 Å². The summed E-state index contributed by atoms with van der Waals surface area (Å²) in [6.45, 7) is 1.72. The Bertz CT molecular complexity index is 668. The number of nitrogens with one attached hydrogen (secondary N) is 1. The van der Waals surface area contributed by atoms with Gasteiger partial charge in [0.25, 0.3) is 0 Å². The van der Waals surface area contributed by atoms with E-state index in [4.69, 9.17) is 18.9 Å². The van der Waals surface area contributed by atoms with Crippen LogP contribution in [-0.4, -0.2) is 33.5 Å². The summed E-state index contributed by atoms with van der Waals surface area (Å²) in [5.41, 5.74) is 1.35. The summed E-state index contributed by atoms with van der Waals surface area (Å²) in [6, 6.07) is 16.3. The van der Waals surface area contributed by atoms with E-state index in [1.807, 2.05) is 30.3 Å². The molecule has 0 aromatic heterocycles. The molecule has 1 amide bonds. The number of methoxy groups -OCH3 is 3. The van der Waals surface area contributed by atoms with Crippen molar-refractivity contribution in [1.82, 2.24) is 0 Å². The van der Waals surface area contributed by atoms with Crippen LogP contribution in [0, 0.1) is 0 Å². The van der Waals surface area contributed by atoms with E-state index in [0.29, 0.717) is 11.4 Å². The van der Waals surface area contributed by atoms with Crippen molar-refractivity contribution in [2.45, 2.75) is 18.8 Å². The summed E-state index contributed by atoms with van der Waals surface area (Å²) >= 11 is 0. The third kappa shape index (κ3) is 4.29. The SMILES string of the molecule is COc1ccc(NC(=O)OC(C)C(OC)(OC)c2ccccc2)cc1. The molecular formula is C19H23NO5. The largest absolute Gasteiger partial charge is 0.497 e. The molecule has 2 aromatic carbocycles. The van der Waals surface area contributed by atoms with Gasteiger partial charge in [-0.3, -0.25) is 5.32 Å². The Morgan fingerprint density at radius 2 is 1.56 bits per heavy atom. The maximum Gasteiger partial charge on any atom is 0.412 e. The molecule has 25 heavy (non-hydrogen) atoms. The molecule has 0 radical (unpaired) electrons. The maximum atomic E-state index is 12.2. The van der Waals surface area contributed by atoms with Crippen molar-refractivity contribution in [3.05, 3.63) is 60.2 Å². The summed E-state index contributed by atoms with van der Waals surface area (Å²) in [5.74, 6) is -0.493. The average molecular weight is 345 g/mol. The van der Waals surface area contributed by atoms with E-state index in [0.717, 1.165) is 5.56 Å². The Kier molecular flexibility index (Phi) is 6.38. The van der Waals surface area contributed by atoms with Crippen LogP contribution >= 0.6 is 0 Å². The molecule has 1 unspecified atom stereocenters. The van der Waals surface area contributed by atoms with Crippen molar-refractivity contribution in [3.8, 4) is 5.75 Å². The van der Waals surface area contributed by atoms with Crippen LogP contribution in [0.5, 0.6) is 5.75 Å². The highest BCUT2D eigenvalue weighted by Crippen LogP contribution is 2.32. The minimum Gasteiger partial charge on any atom is -0.497 e. The molecule has 0 heterocycles. The molecule has 0 saturated carbocycles. The Labute approximate surface area is 147 Å². The van der Waals surface area contributed by atoms with Crippen LogP contribution < -0.4 is 10.1 Å². The number of ether oxygens (including phenoxy) is 4. The lowest BCUT2D eigenvalue weighted by Crippen LogP contribution is -2.44. The summed E-state index contributed by atoms with van der Waals surface area (Å²) in [6.07, 6.45) is -1.30. The first-order chi connectivity index (χ1) is 12.1. The van der Waals surface area contributed by atoms with Gasteiger partial charge in [-0.15, -0.1) is 0 Å². The Morgan fingerprint density at radius 3 is 2.08 bits per heavy atom. The molecule has 134 valence electrons. The summed E-state index contributed by atoms with van der Waals surface area (Å²) < 4.78 is 21.7. The average Bonchev–Trinajstić information content (AvgIpc) is 2.64. The zero-order valence-electron chi connectivity index (χ0n) is 14.8. The molecule has 0 bridgehead atoms. The van der Waals surface area contributed by atoms with Crippen LogP contribution in [0.25, 0.3) is 0 Å². The van der Waals surface area contributed by atoms with Crippen LogP contribution in [-0.2, 0) is 20.0 Å². The second kappa shape index (κ2) is 8.50. The lowest BCUT2D eigenvalue weighted by Gasteiger charge is -2.35. The molecule has 1 N–H and O–H groups in total. The van der Waals surface area contributed by atoms with Gasteiger partial charge in [0.1, 0.15) is 5.75 Å². The predicted molar refractivity (Wildman–Crippen MR) is 94.7 cm³/mol. The van der Waals surface area contributed by atoms with Crippen LogP contribution in [0.15, 0.2) is 54.6 Å². The van der Waals surface area contributed by atoms with Gasteiger partial charge in [0.05, 0.1) is 7.11 Å². The molecule has 1 atom stereocenters. The van der Waals surface area contributed by atoms with Crippen molar-refractivity contribution in [2.75, 3.05) is 26.6 Å². The molecule has 0 aliphatic carbocycles. The van der Waals surface area contributed by atoms with E-state index in [2.05, 4.69) is 5.32 Å². The normalized spacial score (nSPS) is 12.3. The van der Waals surface area contributed by atoms with E-state index < -0.39 is 18.0 Å². The highest BCUT2D eigenvalue weighted by molar-refractivity contribution is 5.84. The number of benzene rings is 2. The number of carbonyl (C=O) groups is 1. The van der Waals surface area contributed by atoms with Crippen molar-refractivity contribution >= 4 is 11.8 Å². The zero-order chi connectivity index (χ0) is 18.3. The molecular weight excluding hydrogens is 322 g/mol. The van der Waals surface area contributed by atoms with Crippen molar-refractivity contribution in [2.24, 2.45) is 0 Å². The van der Waals surface area contributed by atoms with Crippen molar-refractivity contribution in [1.29, 1.82) is 0 Å². The number of carbonyl (C=O) groups excluding carboxylic acids is 1. The lowest BCUT2D eigenvalue weighted by molar-refractivity contribution is -0.263. The molecule has 0 fully saturated rings. The molecule has 0 aliphatic heterocycles. The van der Waals surface area contributed by atoms with Gasteiger partial charge in [0, 0.05) is 25.5 Å². The molecule has 0 saturated heterocycles. The van der Waals surface area contributed by atoms with Crippen LogP contribution in [0.1, 0.15) is 12.5 Å². The number of rotatable bonds is 7. The highest BCUT2D eigenvalue weighted by atomic mass is 16.7. The fourth-order valence-electron chi connectivity index (χ4n) is 2.62. The second-order valence-corrected chi connectivity index (χ2v) is 5.34. The van der Waals surface area contributed by atoms with Crippen LogP contribution in [0.4, 0.5) is 10.5 Å². The van der Waals surface area contributed by atoms with E-state index in [9.17, 15) is 4.79 Å². The van der Waals surface area contributed by atoms with Gasteiger partial charge < -0.3 is 18.9 Å². The topological polar surface area (TPSA) is 66.0 Å². The Balaban J connectivity index is 2.09. The molecule has 6 nitrogen and oxygen atoms in total. The third-order valence-corrected chi connectivity index (χ3v) is 3.94.